The molecule has 2 N–H and O–H groups in total. The van der Waals surface area contributed by atoms with Crippen molar-refractivity contribution < 1.29 is 9.59 Å². The van der Waals surface area contributed by atoms with E-state index in [-0.39, 0.29) is 17.5 Å². The Morgan fingerprint density at radius 2 is 1.80 bits per heavy atom. The Bertz CT molecular complexity index is 770. The van der Waals surface area contributed by atoms with E-state index in [1.165, 1.54) is 6.92 Å². The number of nitrogens with one attached hydrogen (secondary N) is 2. The van der Waals surface area contributed by atoms with Gasteiger partial charge < -0.3 is 15.5 Å². The summed E-state index contributed by atoms with van der Waals surface area (Å²) < 4.78 is 0. The predicted molar refractivity (Wildman–Crippen MR) is 98.1 cm³/mol. The van der Waals surface area contributed by atoms with Gasteiger partial charge >= 0.3 is 6.03 Å². The molecule has 0 bridgehead atoms. The van der Waals surface area contributed by atoms with E-state index >= 15 is 0 Å². The van der Waals surface area contributed by atoms with Crippen molar-refractivity contribution in [1.29, 1.82) is 0 Å². The molecule has 2 aromatic carbocycles. The van der Waals surface area contributed by atoms with E-state index < -0.39 is 0 Å². The first-order valence-electron chi connectivity index (χ1n) is 8.44. The van der Waals surface area contributed by atoms with Gasteiger partial charge in [0.25, 0.3) is 0 Å². The Morgan fingerprint density at radius 3 is 2.44 bits per heavy atom. The molecular weight excluding hydrogens is 314 g/mol. The van der Waals surface area contributed by atoms with Crippen LogP contribution in [0.4, 0.5) is 10.5 Å². The Kier molecular flexibility index (Phi) is 4.74. The van der Waals surface area contributed by atoms with E-state index in [1.54, 1.807) is 11.9 Å². The van der Waals surface area contributed by atoms with Crippen LogP contribution in [-0.2, 0) is 16.9 Å². The third kappa shape index (κ3) is 4.18. The fourth-order valence-electron chi connectivity index (χ4n) is 2.88. The normalized spacial score (nSPS) is 14.5. The summed E-state index contributed by atoms with van der Waals surface area (Å²) in [5, 5.41) is 5.99. The summed E-state index contributed by atoms with van der Waals surface area (Å²) in [6.07, 6.45) is 1.90. The summed E-state index contributed by atoms with van der Waals surface area (Å²) in [6, 6.07) is 17.4. The van der Waals surface area contributed by atoms with Crippen molar-refractivity contribution in [2.45, 2.75) is 31.8 Å². The van der Waals surface area contributed by atoms with Crippen LogP contribution in [0.3, 0.4) is 0 Å². The molecule has 25 heavy (non-hydrogen) atoms. The minimum Gasteiger partial charge on any atom is -0.342 e. The van der Waals surface area contributed by atoms with Crippen LogP contribution in [0.15, 0.2) is 54.6 Å². The molecule has 1 fully saturated rings. The Labute approximate surface area is 148 Å². The van der Waals surface area contributed by atoms with Crippen LogP contribution in [0, 0.1) is 0 Å². The molecule has 0 aromatic heterocycles. The second-order valence-electron chi connectivity index (χ2n) is 6.60. The van der Waals surface area contributed by atoms with Crippen molar-refractivity contribution in [3.8, 4) is 0 Å². The monoisotopic (exact) mass is 337 g/mol. The second kappa shape index (κ2) is 6.97. The topological polar surface area (TPSA) is 61.4 Å². The number of anilines is 1. The third-order valence-electron chi connectivity index (χ3n) is 4.57. The number of carbonyl (C=O) groups is 2. The summed E-state index contributed by atoms with van der Waals surface area (Å²) in [5.74, 6) is 0.00893. The molecule has 5 nitrogen and oxygen atoms in total. The number of rotatable bonds is 5. The Morgan fingerprint density at radius 1 is 1.08 bits per heavy atom. The minimum absolute atomic E-state index is 0.00893. The molecule has 0 unspecified atom stereocenters. The van der Waals surface area contributed by atoms with Gasteiger partial charge in [-0.15, -0.1) is 0 Å². The predicted octanol–water partition coefficient (Wildman–Crippen LogP) is 3.48. The summed E-state index contributed by atoms with van der Waals surface area (Å²) in [5.41, 5.74) is 2.59. The number of nitrogens with zero attached hydrogens (tertiary/aromatic N) is 1. The second-order valence-corrected chi connectivity index (χ2v) is 6.60. The summed E-state index contributed by atoms with van der Waals surface area (Å²) in [6.45, 7) is 2.05. The van der Waals surface area contributed by atoms with E-state index in [2.05, 4.69) is 10.6 Å². The van der Waals surface area contributed by atoms with Crippen molar-refractivity contribution in [3.63, 3.8) is 0 Å². The van der Waals surface area contributed by atoms with Gasteiger partial charge in [-0.05, 0) is 36.1 Å². The molecule has 1 aliphatic rings. The molecule has 0 saturated heterocycles. The van der Waals surface area contributed by atoms with Crippen molar-refractivity contribution in [1.82, 2.24) is 10.2 Å². The van der Waals surface area contributed by atoms with Gasteiger partial charge in [0, 0.05) is 26.2 Å². The van der Waals surface area contributed by atoms with Gasteiger partial charge in [0.2, 0.25) is 5.91 Å². The highest BCUT2D eigenvalue weighted by atomic mass is 16.2. The first-order chi connectivity index (χ1) is 12.0. The molecule has 2 aromatic rings. The van der Waals surface area contributed by atoms with Crippen LogP contribution in [0.2, 0.25) is 0 Å². The highest BCUT2D eigenvalue weighted by Crippen LogP contribution is 2.45. The molecule has 3 rings (SSSR count). The summed E-state index contributed by atoms with van der Waals surface area (Å²) in [7, 11) is 1.76. The van der Waals surface area contributed by atoms with E-state index in [0.717, 1.165) is 29.7 Å². The van der Waals surface area contributed by atoms with Crippen LogP contribution in [-0.4, -0.2) is 23.9 Å². The van der Waals surface area contributed by atoms with Gasteiger partial charge in [-0.25, -0.2) is 4.79 Å². The quantitative estimate of drug-likeness (QED) is 0.877. The fourth-order valence-corrected chi connectivity index (χ4v) is 2.88. The van der Waals surface area contributed by atoms with Crippen molar-refractivity contribution in [2.24, 2.45) is 0 Å². The maximum atomic E-state index is 12.4. The number of hydrogen-bond acceptors (Lipinski definition) is 2. The smallest absolute Gasteiger partial charge is 0.319 e. The Balaban J connectivity index is 1.63. The van der Waals surface area contributed by atoms with E-state index in [1.807, 2.05) is 54.6 Å². The summed E-state index contributed by atoms with van der Waals surface area (Å²) >= 11 is 0. The lowest BCUT2D eigenvalue weighted by molar-refractivity contribution is -0.128. The fraction of sp³-hybridized carbons (Fsp3) is 0.300. The number of hydrogen-bond donors (Lipinski definition) is 2. The molecule has 0 spiro atoms. The molecule has 3 amide bonds. The van der Waals surface area contributed by atoms with Crippen LogP contribution >= 0.6 is 0 Å². The Hall–Kier alpha value is -2.82. The first kappa shape index (κ1) is 17.0. The molecule has 5 heteroatoms. The number of urea groups is 1. The zero-order valence-corrected chi connectivity index (χ0v) is 14.6. The van der Waals surface area contributed by atoms with E-state index in [4.69, 9.17) is 0 Å². The lowest BCUT2D eigenvalue weighted by Gasteiger charge is -2.19. The highest BCUT2D eigenvalue weighted by molar-refractivity contribution is 5.90. The standard InChI is InChI=1S/C20H23N3O2/c1-15(24)23(2)14-16-7-6-10-18(13-16)21-19(25)22-20(11-12-20)17-8-4-3-5-9-17/h3-10,13H,11-12,14H2,1-2H3,(H2,21,22,25). The van der Waals surface area contributed by atoms with Crippen molar-refractivity contribution >= 4 is 17.6 Å². The summed E-state index contributed by atoms with van der Waals surface area (Å²) in [4.78, 5) is 25.4. The average molecular weight is 337 g/mol. The van der Waals surface area contributed by atoms with Gasteiger partial charge in [0.15, 0.2) is 0 Å². The number of carbonyl (C=O) groups excluding carboxylic acids is 2. The number of benzene rings is 2. The van der Waals surface area contributed by atoms with E-state index in [0.29, 0.717) is 6.54 Å². The van der Waals surface area contributed by atoms with E-state index in [9.17, 15) is 9.59 Å². The largest absolute Gasteiger partial charge is 0.342 e. The van der Waals surface area contributed by atoms with Gasteiger partial charge in [-0.3, -0.25) is 4.79 Å². The zero-order valence-electron chi connectivity index (χ0n) is 14.6. The third-order valence-corrected chi connectivity index (χ3v) is 4.57. The van der Waals surface area contributed by atoms with Gasteiger partial charge in [0.05, 0.1) is 5.54 Å². The molecule has 0 radical (unpaired) electrons. The van der Waals surface area contributed by atoms with Gasteiger partial charge in [0.1, 0.15) is 0 Å². The molecule has 0 aliphatic heterocycles. The molecule has 0 heterocycles. The zero-order chi connectivity index (χ0) is 17.9. The molecular formula is C20H23N3O2. The minimum atomic E-state index is -0.238. The van der Waals surface area contributed by atoms with Crippen LogP contribution in [0.25, 0.3) is 0 Å². The van der Waals surface area contributed by atoms with Gasteiger partial charge in [-0.1, -0.05) is 42.5 Å². The highest BCUT2D eigenvalue weighted by Gasteiger charge is 2.45. The maximum absolute atomic E-state index is 12.4. The lowest BCUT2D eigenvalue weighted by Crippen LogP contribution is -2.38. The molecule has 130 valence electrons. The van der Waals surface area contributed by atoms with Crippen molar-refractivity contribution in [2.75, 3.05) is 12.4 Å². The number of amides is 3. The molecule has 0 atom stereocenters. The SMILES string of the molecule is CC(=O)N(C)Cc1cccc(NC(=O)NC2(c3ccccc3)CC2)c1. The molecule has 1 aliphatic carbocycles. The van der Waals surface area contributed by atoms with Gasteiger partial charge in [-0.2, -0.15) is 0 Å². The van der Waals surface area contributed by atoms with Crippen LogP contribution in [0.1, 0.15) is 30.9 Å². The van der Waals surface area contributed by atoms with Crippen LogP contribution in [0.5, 0.6) is 0 Å². The van der Waals surface area contributed by atoms with Crippen LogP contribution < -0.4 is 10.6 Å². The molecule has 1 saturated carbocycles. The first-order valence-corrected chi connectivity index (χ1v) is 8.44. The lowest BCUT2D eigenvalue weighted by atomic mass is 10.1. The maximum Gasteiger partial charge on any atom is 0.319 e. The average Bonchev–Trinajstić information content (AvgIpc) is 3.36. The van der Waals surface area contributed by atoms with Crippen molar-refractivity contribution in [3.05, 3.63) is 65.7 Å².